The number of alkyl halides is 2. The molecule has 0 bridgehead atoms. The lowest BCUT2D eigenvalue weighted by Gasteiger charge is -2.06. The summed E-state index contributed by atoms with van der Waals surface area (Å²) in [6.45, 7) is 1.86. The lowest BCUT2D eigenvalue weighted by Crippen LogP contribution is -2.07. The Balaban J connectivity index is 2.50. The molecule has 1 aromatic heterocycles. The van der Waals surface area contributed by atoms with Gasteiger partial charge in [-0.25, -0.2) is 13.8 Å². The summed E-state index contributed by atoms with van der Waals surface area (Å²) in [6.07, 6.45) is -2.60. The van der Waals surface area contributed by atoms with Gasteiger partial charge < -0.3 is 9.64 Å². The highest BCUT2D eigenvalue weighted by atomic mass is 127. The van der Waals surface area contributed by atoms with Gasteiger partial charge in [0.15, 0.2) is 5.82 Å². The molecule has 3 nitrogen and oxygen atoms in total. The molecule has 84 valence electrons. The van der Waals surface area contributed by atoms with Crippen molar-refractivity contribution in [3.8, 4) is 5.75 Å². The maximum absolute atomic E-state index is 12.5. The molecule has 0 atom stereocenters. The van der Waals surface area contributed by atoms with Gasteiger partial charge in [-0.1, -0.05) is 28.4 Å². The number of halogens is 3. The number of hydrogen-bond donors (Lipinski definition) is 1. The van der Waals surface area contributed by atoms with Crippen LogP contribution in [-0.2, 0) is 0 Å². The molecule has 0 amide bonds. The lowest BCUT2D eigenvalue weighted by molar-refractivity contribution is 0.142. The van der Waals surface area contributed by atoms with Crippen molar-refractivity contribution in [2.45, 2.75) is 13.2 Å². The van der Waals surface area contributed by atoms with Crippen LogP contribution in [0.1, 0.15) is 12.2 Å². The van der Waals surface area contributed by atoms with Crippen molar-refractivity contribution >= 4 is 38.2 Å². The van der Waals surface area contributed by atoms with Crippen LogP contribution in [0.5, 0.6) is 5.75 Å². The predicted molar refractivity (Wildman–Crippen MR) is 67.3 cm³/mol. The van der Waals surface area contributed by atoms with Gasteiger partial charge in [0, 0.05) is 0 Å². The van der Waals surface area contributed by atoms with Gasteiger partial charge in [0.05, 0.1) is 5.52 Å². The number of hydrogen-bond acceptors (Lipinski definition) is 2. The number of benzene rings is 1. The maximum atomic E-state index is 12.5. The summed E-state index contributed by atoms with van der Waals surface area (Å²) in [5.41, 5.74) is 1.01. The fourth-order valence-corrected chi connectivity index (χ4v) is 1.67. The van der Waals surface area contributed by atoms with Crippen molar-refractivity contribution in [2.75, 3.05) is 0 Å². The fraction of sp³-hybridized carbons (Fsp3) is 0.222. The molecule has 0 aliphatic heterocycles. The van der Waals surface area contributed by atoms with Crippen LogP contribution in [0.25, 0.3) is 11.0 Å². The molecule has 16 heavy (non-hydrogen) atoms. The van der Waals surface area contributed by atoms with Crippen molar-refractivity contribution in [1.29, 1.82) is 0 Å². The Morgan fingerprint density at radius 2 is 2.25 bits per heavy atom. The normalized spacial score (nSPS) is 11.1. The monoisotopic (exact) mass is 336 g/mol. The molecule has 1 N–H and O–H groups in total. The van der Waals surface area contributed by atoms with Crippen molar-refractivity contribution in [3.05, 3.63) is 24.0 Å². The van der Waals surface area contributed by atoms with Crippen LogP contribution < -0.4 is 4.65 Å². The Bertz CT molecular complexity index is 503. The van der Waals surface area contributed by atoms with Gasteiger partial charge in [0.25, 0.3) is 6.43 Å². The highest BCUT2D eigenvalue weighted by Gasteiger charge is 2.16. The zero-order valence-electron chi connectivity index (χ0n) is 8.38. The van der Waals surface area contributed by atoms with Crippen LogP contribution in [0.15, 0.2) is 18.2 Å². The van der Waals surface area contributed by atoms with Crippen LogP contribution in [0.3, 0.4) is 0 Å². The fourth-order valence-electron chi connectivity index (χ4n) is 1.40. The molecular weight excluding hydrogens is 328 g/mol. The number of aromatic nitrogens is 2. The summed E-state index contributed by atoms with van der Waals surface area (Å²) < 4.78 is 30.4. The van der Waals surface area contributed by atoms with Crippen LogP contribution in [0.4, 0.5) is 8.78 Å². The number of fused-ring (bicyclic) bond motifs is 1. The van der Waals surface area contributed by atoms with Crippen LogP contribution in [0, 0.1) is 0 Å². The van der Waals surface area contributed by atoms with E-state index in [9.17, 15) is 8.78 Å². The minimum atomic E-state index is -2.60. The van der Waals surface area contributed by atoms with E-state index in [-0.39, 0.29) is 10.6 Å². The van der Waals surface area contributed by atoms with Crippen molar-refractivity contribution < 1.29 is 13.4 Å². The van der Waals surface area contributed by atoms with E-state index >= 15 is 0 Å². The van der Waals surface area contributed by atoms with Crippen LogP contribution >= 0.6 is 22.4 Å². The van der Waals surface area contributed by atoms with E-state index in [1.54, 1.807) is 18.2 Å². The second-order valence-electron chi connectivity index (χ2n) is 3.24. The summed E-state index contributed by atoms with van der Waals surface area (Å²) >= 11 is 2.09. The first-order valence-electron chi connectivity index (χ1n) is 4.65. The third-order valence-electron chi connectivity index (χ3n) is 1.99. The minimum Gasteiger partial charge on any atom is -0.549 e. The number of nitrogens with zero attached hydrogens (tertiary/aromatic N) is 1. The van der Waals surface area contributed by atoms with Crippen molar-refractivity contribution in [2.24, 2.45) is 0 Å². The average Bonchev–Trinajstić information content (AvgIpc) is 2.61. The Morgan fingerprint density at radius 3 is 2.88 bits per heavy atom. The lowest BCUT2D eigenvalue weighted by atomic mass is 10.1. The van der Waals surface area contributed by atoms with Crippen LogP contribution in [0.2, 0.25) is 6.82 Å². The van der Waals surface area contributed by atoms with Crippen molar-refractivity contribution in [1.82, 2.24) is 9.97 Å². The summed E-state index contributed by atoms with van der Waals surface area (Å²) in [7, 11) is 0. The van der Waals surface area contributed by atoms with Gasteiger partial charge in [-0.3, -0.25) is 0 Å². The molecule has 2 rings (SSSR count). The largest absolute Gasteiger partial charge is 0.549 e. The van der Waals surface area contributed by atoms with Gasteiger partial charge in [-0.2, -0.15) is 0 Å². The van der Waals surface area contributed by atoms with Gasteiger partial charge in [0.1, 0.15) is 11.3 Å². The molecule has 1 heterocycles. The number of para-hydroxylation sites is 1. The molecular formula is C9H8BF2IN2O. The summed E-state index contributed by atoms with van der Waals surface area (Å²) in [5.74, 6) is 0.190. The molecule has 0 saturated heterocycles. The first kappa shape index (κ1) is 11.6. The molecule has 2 aromatic rings. The second-order valence-corrected chi connectivity index (χ2v) is 4.99. The molecule has 0 spiro atoms. The van der Waals surface area contributed by atoms with E-state index in [1.165, 1.54) is 0 Å². The molecule has 0 aliphatic rings. The van der Waals surface area contributed by atoms with E-state index in [0.29, 0.717) is 16.8 Å². The van der Waals surface area contributed by atoms with E-state index in [0.717, 1.165) is 0 Å². The number of nitrogens with one attached hydrogen (secondary N) is 1. The predicted octanol–water partition coefficient (Wildman–Crippen LogP) is 3.43. The zero-order valence-corrected chi connectivity index (χ0v) is 10.5. The highest BCUT2D eigenvalue weighted by molar-refractivity contribution is 14.1. The Labute approximate surface area is 105 Å². The first-order chi connectivity index (χ1) is 7.58. The number of imidazole rings is 1. The average molecular weight is 336 g/mol. The van der Waals surface area contributed by atoms with E-state index in [4.69, 9.17) is 4.65 Å². The Morgan fingerprint density at radius 1 is 1.50 bits per heavy atom. The van der Waals surface area contributed by atoms with E-state index in [2.05, 4.69) is 32.3 Å². The van der Waals surface area contributed by atoms with Gasteiger partial charge in [-0.05, 0) is 19.0 Å². The smallest absolute Gasteiger partial charge is 0.425 e. The van der Waals surface area contributed by atoms with Gasteiger partial charge in [-0.15, -0.1) is 0 Å². The SMILES string of the molecule is CB(I)Oc1cccc2[nH]c(C(F)F)nc12. The molecule has 0 saturated carbocycles. The van der Waals surface area contributed by atoms with E-state index in [1.807, 2.05) is 6.82 Å². The van der Waals surface area contributed by atoms with Gasteiger partial charge >= 0.3 is 4.77 Å². The Kier molecular flexibility index (Phi) is 3.31. The summed E-state index contributed by atoms with van der Waals surface area (Å²) in [4.78, 5) is 6.40. The number of H-pyrrole nitrogens is 1. The Hall–Kier alpha value is -0.855. The summed E-state index contributed by atoms with van der Waals surface area (Å²) in [5, 5.41) is 0. The molecule has 1 aromatic carbocycles. The zero-order chi connectivity index (χ0) is 11.7. The van der Waals surface area contributed by atoms with E-state index < -0.39 is 6.43 Å². The van der Waals surface area contributed by atoms with Gasteiger partial charge in [0.2, 0.25) is 0 Å². The molecule has 7 heteroatoms. The molecule has 0 radical (unpaired) electrons. The highest BCUT2D eigenvalue weighted by Crippen LogP contribution is 2.27. The first-order valence-corrected chi connectivity index (χ1v) is 5.90. The molecule has 0 fully saturated rings. The van der Waals surface area contributed by atoms with Crippen LogP contribution in [-0.4, -0.2) is 14.7 Å². The number of rotatable bonds is 3. The third-order valence-corrected chi connectivity index (χ3v) is 2.24. The second kappa shape index (κ2) is 4.56. The minimum absolute atomic E-state index is 0.0464. The molecule has 0 aliphatic carbocycles. The third kappa shape index (κ3) is 2.28. The molecule has 0 unspecified atom stereocenters. The standard InChI is InChI=1S/C9H8BF2IN2O/c1-10(13)16-6-4-2-3-5-7(6)15-9(14-5)8(11)12/h2-4,8H,1H3,(H,14,15). The maximum Gasteiger partial charge on any atom is 0.425 e. The topological polar surface area (TPSA) is 37.9 Å². The van der Waals surface area contributed by atoms with Crippen molar-refractivity contribution in [3.63, 3.8) is 0 Å². The number of aromatic amines is 1. The summed E-state index contributed by atoms with van der Waals surface area (Å²) in [6, 6.07) is 5.15. The quantitative estimate of drug-likeness (QED) is 0.689.